The second-order valence-electron chi connectivity index (χ2n) is 9.54. The number of carboxylic acid groups (broad SMARTS) is 1. The van der Waals surface area contributed by atoms with Gasteiger partial charge in [-0.1, -0.05) is 18.2 Å². The average molecular weight is 583 g/mol. The van der Waals surface area contributed by atoms with Gasteiger partial charge in [0.1, 0.15) is 24.4 Å². The fourth-order valence-electron chi connectivity index (χ4n) is 4.73. The first-order valence-corrected chi connectivity index (χ1v) is 13.0. The Morgan fingerprint density at radius 3 is 2.61 bits per heavy atom. The highest BCUT2D eigenvalue weighted by Gasteiger charge is 2.48. The van der Waals surface area contributed by atoms with E-state index in [0.717, 1.165) is 0 Å². The lowest BCUT2D eigenvalue weighted by molar-refractivity contribution is -0.345. The molecular formula is C27H38N2O12. The fourth-order valence-corrected chi connectivity index (χ4v) is 4.73. The van der Waals surface area contributed by atoms with Crippen molar-refractivity contribution in [2.45, 2.75) is 37.0 Å². The molecule has 6 N–H and O–H groups in total. The molecule has 3 aliphatic heterocycles. The first-order valence-electron chi connectivity index (χ1n) is 13.0. The van der Waals surface area contributed by atoms with Crippen LogP contribution < -0.4 is 5.32 Å². The molecule has 0 saturated carbocycles. The van der Waals surface area contributed by atoms with Gasteiger partial charge in [-0.05, 0) is 18.7 Å². The summed E-state index contributed by atoms with van der Waals surface area (Å²) in [5, 5.41) is 52.2. The quantitative estimate of drug-likeness (QED) is 0.0842. The van der Waals surface area contributed by atoms with Crippen molar-refractivity contribution in [3.63, 3.8) is 0 Å². The summed E-state index contributed by atoms with van der Waals surface area (Å²) in [6, 6.07) is 0. The number of aliphatic hydroxyl groups is 4. The van der Waals surface area contributed by atoms with Gasteiger partial charge in [0.25, 0.3) is 0 Å². The van der Waals surface area contributed by atoms with Crippen LogP contribution in [0.4, 0.5) is 0 Å². The Morgan fingerprint density at radius 1 is 1.24 bits per heavy atom. The van der Waals surface area contributed by atoms with Crippen molar-refractivity contribution in [3.05, 3.63) is 60.1 Å². The standard InChI is InChI=1S/C27H38N2O12/c1-4-17-18(6-5-15-9-16(24(34)35)11-29(10-15)7-8-30)19(25(36)37-3)13-38-26(17)41-27-23(39-14-28-2)22(33)21(32)20(12-31)40-27/h4-6,9,11,13,17-18,20-23,26-28,30-33H,1,7-8,10,12,14H2,2-3H3,(H,34,35). The summed E-state index contributed by atoms with van der Waals surface area (Å²) in [6.45, 7) is 3.64. The van der Waals surface area contributed by atoms with Crippen LogP contribution in [0.1, 0.15) is 0 Å². The number of aliphatic carboxylic acids is 1. The number of hydrogen-bond acceptors (Lipinski definition) is 13. The van der Waals surface area contributed by atoms with E-state index in [9.17, 15) is 35.1 Å². The van der Waals surface area contributed by atoms with Gasteiger partial charge < -0.3 is 54.1 Å². The number of hydrogen-bond donors (Lipinski definition) is 6. The number of methoxy groups -OCH3 is 1. The van der Waals surface area contributed by atoms with Gasteiger partial charge in [0, 0.05) is 25.2 Å². The van der Waals surface area contributed by atoms with Gasteiger partial charge in [-0.3, -0.25) is 5.32 Å². The summed E-state index contributed by atoms with van der Waals surface area (Å²) in [5.74, 6) is -3.23. The van der Waals surface area contributed by atoms with Gasteiger partial charge in [-0.15, -0.1) is 6.58 Å². The molecule has 0 amide bonds. The largest absolute Gasteiger partial charge is 0.478 e. The van der Waals surface area contributed by atoms with E-state index in [4.69, 9.17) is 23.7 Å². The Labute approximate surface area is 237 Å². The molecule has 0 aromatic rings. The zero-order valence-corrected chi connectivity index (χ0v) is 22.9. The molecule has 0 aliphatic carbocycles. The maximum Gasteiger partial charge on any atom is 0.337 e. The number of rotatable bonds is 13. The van der Waals surface area contributed by atoms with Crippen LogP contribution >= 0.6 is 0 Å². The van der Waals surface area contributed by atoms with Crippen LogP contribution in [0.25, 0.3) is 0 Å². The van der Waals surface area contributed by atoms with E-state index >= 15 is 0 Å². The van der Waals surface area contributed by atoms with Crippen molar-refractivity contribution >= 4 is 11.9 Å². The number of carboxylic acids is 1. The third-order valence-electron chi connectivity index (χ3n) is 6.82. The molecule has 3 heterocycles. The first kappa shape index (κ1) is 32.4. The highest BCUT2D eigenvalue weighted by molar-refractivity contribution is 5.90. The second-order valence-corrected chi connectivity index (χ2v) is 9.54. The molecule has 8 unspecified atom stereocenters. The number of carbonyl (C=O) groups excluding carboxylic acids is 1. The number of ether oxygens (including phenoxy) is 5. The van der Waals surface area contributed by atoms with Crippen LogP contribution in [0.3, 0.4) is 0 Å². The van der Waals surface area contributed by atoms with Crippen LogP contribution in [0.5, 0.6) is 0 Å². The predicted molar refractivity (Wildman–Crippen MR) is 141 cm³/mol. The van der Waals surface area contributed by atoms with Crippen LogP contribution in [0.15, 0.2) is 60.1 Å². The highest BCUT2D eigenvalue weighted by Crippen LogP contribution is 2.36. The van der Waals surface area contributed by atoms with Crippen LogP contribution in [-0.4, -0.2) is 127 Å². The van der Waals surface area contributed by atoms with E-state index in [1.807, 2.05) is 0 Å². The van der Waals surface area contributed by atoms with Crippen molar-refractivity contribution in [1.29, 1.82) is 0 Å². The summed E-state index contributed by atoms with van der Waals surface area (Å²) in [4.78, 5) is 25.9. The van der Waals surface area contributed by atoms with Gasteiger partial charge >= 0.3 is 11.9 Å². The number of allylic oxidation sites excluding steroid dienone is 1. The fraction of sp³-hybridized carbons (Fsp3) is 0.556. The number of esters is 1. The number of carbonyl (C=O) groups is 2. The molecule has 0 aromatic heterocycles. The Bertz CT molecular complexity index is 1060. The van der Waals surface area contributed by atoms with Crippen LogP contribution in [-0.2, 0) is 33.3 Å². The molecule has 1 saturated heterocycles. The smallest absolute Gasteiger partial charge is 0.337 e. The lowest BCUT2D eigenvalue weighted by atomic mass is 9.83. The van der Waals surface area contributed by atoms with Crippen molar-refractivity contribution in [2.75, 3.05) is 47.2 Å². The molecule has 14 heteroatoms. The topological polar surface area (TPSA) is 197 Å². The minimum Gasteiger partial charge on any atom is -0.478 e. The molecule has 0 radical (unpaired) electrons. The van der Waals surface area contributed by atoms with E-state index < -0.39 is 67.4 Å². The monoisotopic (exact) mass is 582 g/mol. The summed E-state index contributed by atoms with van der Waals surface area (Å²) in [7, 11) is 2.84. The molecule has 1 fully saturated rings. The third-order valence-corrected chi connectivity index (χ3v) is 6.82. The Hall–Kier alpha value is -3.08. The van der Waals surface area contributed by atoms with Crippen molar-refractivity contribution in [1.82, 2.24) is 10.2 Å². The summed E-state index contributed by atoms with van der Waals surface area (Å²) in [5.41, 5.74) is 0.776. The van der Waals surface area contributed by atoms with Gasteiger partial charge in [-0.2, -0.15) is 0 Å². The molecule has 3 rings (SSSR count). The molecule has 41 heavy (non-hydrogen) atoms. The lowest BCUT2D eigenvalue weighted by Gasteiger charge is -2.44. The van der Waals surface area contributed by atoms with E-state index in [-0.39, 0.29) is 31.0 Å². The molecule has 8 atom stereocenters. The predicted octanol–water partition coefficient (Wildman–Crippen LogP) is -1.41. The highest BCUT2D eigenvalue weighted by atomic mass is 16.8. The Kier molecular flexibility index (Phi) is 12.1. The zero-order chi connectivity index (χ0) is 30.1. The summed E-state index contributed by atoms with van der Waals surface area (Å²) < 4.78 is 28.0. The van der Waals surface area contributed by atoms with Gasteiger partial charge in [0.15, 0.2) is 6.29 Å². The SMILES string of the molecule is C=CC1C(OC2OC(CO)C(O)C(O)C2OCNC)OC=C(C(=O)OC)C1C=CC1=CC(C(=O)O)=CN(CCO)C1. The van der Waals surface area contributed by atoms with E-state index in [2.05, 4.69) is 11.9 Å². The number of aliphatic hydroxyl groups excluding tert-OH is 4. The van der Waals surface area contributed by atoms with E-state index in [1.165, 1.54) is 31.7 Å². The number of nitrogens with one attached hydrogen (secondary N) is 1. The second kappa shape index (κ2) is 15.2. The Morgan fingerprint density at radius 2 is 2.00 bits per heavy atom. The van der Waals surface area contributed by atoms with Gasteiger partial charge in [-0.25, -0.2) is 9.59 Å². The summed E-state index contributed by atoms with van der Waals surface area (Å²) in [6.07, 6.45) is 1.33. The average Bonchev–Trinajstić information content (AvgIpc) is 2.97. The zero-order valence-electron chi connectivity index (χ0n) is 22.9. The number of β-amino-alcohol motifs (C(OH)–C–C–N with tert-alkyl or cyclic N) is 1. The van der Waals surface area contributed by atoms with E-state index in [0.29, 0.717) is 12.1 Å². The van der Waals surface area contributed by atoms with Gasteiger partial charge in [0.2, 0.25) is 6.29 Å². The molecule has 3 aliphatic rings. The lowest BCUT2D eigenvalue weighted by Crippen LogP contribution is -2.61. The first-order chi connectivity index (χ1) is 19.7. The Balaban J connectivity index is 1.91. The van der Waals surface area contributed by atoms with Gasteiger partial charge in [0.05, 0.1) is 50.4 Å². The number of nitrogens with zero attached hydrogens (tertiary/aromatic N) is 1. The minimum absolute atomic E-state index is 0.00912. The summed E-state index contributed by atoms with van der Waals surface area (Å²) >= 11 is 0. The minimum atomic E-state index is -1.46. The van der Waals surface area contributed by atoms with Crippen LogP contribution in [0.2, 0.25) is 0 Å². The van der Waals surface area contributed by atoms with Crippen LogP contribution in [0, 0.1) is 11.8 Å². The van der Waals surface area contributed by atoms with E-state index in [1.54, 1.807) is 24.1 Å². The molecule has 14 nitrogen and oxygen atoms in total. The molecule has 0 bridgehead atoms. The third kappa shape index (κ3) is 7.81. The van der Waals surface area contributed by atoms with Crippen molar-refractivity contribution in [3.8, 4) is 0 Å². The molecular weight excluding hydrogens is 544 g/mol. The molecule has 0 spiro atoms. The normalized spacial score (nSPS) is 32.0. The van der Waals surface area contributed by atoms with Crippen molar-refractivity contribution < 1.29 is 58.8 Å². The maximum absolute atomic E-state index is 12.6. The molecule has 228 valence electrons. The molecule has 0 aromatic carbocycles. The maximum atomic E-state index is 12.6. The van der Waals surface area contributed by atoms with Crippen molar-refractivity contribution in [2.24, 2.45) is 11.8 Å².